The van der Waals surface area contributed by atoms with Gasteiger partial charge < -0.3 is 14.7 Å². The van der Waals surface area contributed by atoms with E-state index in [-0.39, 0.29) is 0 Å². The van der Waals surface area contributed by atoms with E-state index < -0.39 is 18.2 Å². The molecule has 0 saturated carbocycles. The molecule has 0 bridgehead atoms. The van der Waals surface area contributed by atoms with Gasteiger partial charge in [0.15, 0.2) is 6.10 Å². The van der Waals surface area contributed by atoms with Crippen molar-refractivity contribution in [3.05, 3.63) is 0 Å². The molecule has 1 rings (SSSR count). The maximum absolute atomic E-state index is 12.3. The minimum atomic E-state index is -4.49. The molecule has 17 heavy (non-hydrogen) atoms. The fourth-order valence-corrected chi connectivity index (χ4v) is 2.10. The topological polar surface area (TPSA) is 32.7 Å². The minimum absolute atomic E-state index is 0.396. The molecule has 0 aromatic rings. The van der Waals surface area contributed by atoms with Crippen molar-refractivity contribution in [1.82, 2.24) is 4.90 Å². The van der Waals surface area contributed by atoms with Crippen LogP contribution in [0.4, 0.5) is 13.2 Å². The number of halogens is 3. The van der Waals surface area contributed by atoms with E-state index in [0.717, 1.165) is 6.54 Å². The van der Waals surface area contributed by atoms with Crippen LogP contribution >= 0.6 is 0 Å². The monoisotopic (exact) mass is 255 g/mol. The van der Waals surface area contributed by atoms with Gasteiger partial charge in [0.2, 0.25) is 0 Å². The quantitative estimate of drug-likeness (QED) is 0.758. The lowest BCUT2D eigenvalue weighted by Gasteiger charge is -2.34. The van der Waals surface area contributed by atoms with E-state index in [1.807, 2.05) is 6.92 Å². The van der Waals surface area contributed by atoms with Crippen LogP contribution < -0.4 is 0 Å². The van der Waals surface area contributed by atoms with Crippen molar-refractivity contribution in [3.8, 4) is 0 Å². The van der Waals surface area contributed by atoms with Gasteiger partial charge >= 0.3 is 6.18 Å². The second-order valence-corrected chi connectivity index (χ2v) is 4.36. The highest BCUT2D eigenvalue weighted by Crippen LogP contribution is 2.31. The number of hydrogen-bond acceptors (Lipinski definition) is 3. The Morgan fingerprint density at radius 2 is 1.94 bits per heavy atom. The molecule has 1 aliphatic heterocycles. The smallest absolute Gasteiger partial charge is 0.383 e. The van der Waals surface area contributed by atoms with Crippen LogP contribution in [0.3, 0.4) is 0 Å². The summed E-state index contributed by atoms with van der Waals surface area (Å²) in [5.41, 5.74) is 0. The molecule has 3 nitrogen and oxygen atoms in total. The highest BCUT2D eigenvalue weighted by Gasteiger charge is 2.43. The first-order chi connectivity index (χ1) is 7.95. The summed E-state index contributed by atoms with van der Waals surface area (Å²) in [7, 11) is 0. The third-order valence-electron chi connectivity index (χ3n) is 3.17. The van der Waals surface area contributed by atoms with Crippen LogP contribution in [-0.2, 0) is 4.74 Å². The van der Waals surface area contributed by atoms with Crippen molar-refractivity contribution in [1.29, 1.82) is 0 Å². The summed E-state index contributed by atoms with van der Waals surface area (Å²) in [4.78, 5) is 2.08. The molecular formula is C11H20F3NO2. The fraction of sp³-hybridized carbons (Fsp3) is 1.00. The summed E-state index contributed by atoms with van der Waals surface area (Å²) in [5.74, 6) is -0.654. The summed E-state index contributed by atoms with van der Waals surface area (Å²) in [5, 5.41) is 9.14. The molecule has 1 atom stereocenters. The van der Waals surface area contributed by atoms with Crippen LogP contribution in [0.1, 0.15) is 19.8 Å². The van der Waals surface area contributed by atoms with Crippen LogP contribution in [0.2, 0.25) is 0 Å². The Morgan fingerprint density at radius 1 is 1.35 bits per heavy atom. The zero-order valence-electron chi connectivity index (χ0n) is 10.0. The van der Waals surface area contributed by atoms with Crippen molar-refractivity contribution >= 4 is 0 Å². The Balaban J connectivity index is 2.26. The lowest BCUT2D eigenvalue weighted by atomic mass is 9.91. The minimum Gasteiger partial charge on any atom is -0.383 e. The van der Waals surface area contributed by atoms with Crippen molar-refractivity contribution in [3.63, 3.8) is 0 Å². The van der Waals surface area contributed by atoms with Gasteiger partial charge in [0.25, 0.3) is 0 Å². The first-order valence-corrected chi connectivity index (χ1v) is 6.00. The van der Waals surface area contributed by atoms with Gasteiger partial charge in [-0.2, -0.15) is 13.2 Å². The SMILES string of the molecule is CCOCCN1CCC(C(O)C(F)(F)F)CC1. The predicted molar refractivity (Wildman–Crippen MR) is 57.7 cm³/mol. The Kier molecular flexibility index (Phi) is 5.69. The molecule has 0 amide bonds. The van der Waals surface area contributed by atoms with Crippen molar-refractivity contribution in [2.45, 2.75) is 32.0 Å². The molecule has 102 valence electrons. The molecule has 1 heterocycles. The van der Waals surface area contributed by atoms with Gasteiger partial charge in [0.05, 0.1) is 6.61 Å². The average molecular weight is 255 g/mol. The molecule has 1 unspecified atom stereocenters. The highest BCUT2D eigenvalue weighted by molar-refractivity contribution is 4.81. The second-order valence-electron chi connectivity index (χ2n) is 4.36. The second kappa shape index (κ2) is 6.56. The van der Waals surface area contributed by atoms with Crippen molar-refractivity contribution < 1.29 is 23.0 Å². The molecule has 0 aliphatic carbocycles. The van der Waals surface area contributed by atoms with Gasteiger partial charge in [0.1, 0.15) is 0 Å². The molecule has 0 spiro atoms. The highest BCUT2D eigenvalue weighted by atomic mass is 19.4. The molecular weight excluding hydrogens is 235 g/mol. The third kappa shape index (κ3) is 4.81. The lowest BCUT2D eigenvalue weighted by molar-refractivity contribution is -0.223. The van der Waals surface area contributed by atoms with E-state index in [1.54, 1.807) is 0 Å². The zero-order chi connectivity index (χ0) is 12.9. The average Bonchev–Trinajstić information content (AvgIpc) is 2.28. The van der Waals surface area contributed by atoms with Crippen molar-refractivity contribution in [2.75, 3.05) is 32.8 Å². The number of likely N-dealkylation sites (tertiary alicyclic amines) is 1. The normalized spacial score (nSPS) is 21.7. The molecule has 6 heteroatoms. The number of hydrogen-bond donors (Lipinski definition) is 1. The number of aliphatic hydroxyl groups excluding tert-OH is 1. The maximum Gasteiger partial charge on any atom is 0.414 e. The third-order valence-corrected chi connectivity index (χ3v) is 3.17. The summed E-state index contributed by atoms with van der Waals surface area (Å²) in [6.45, 7) is 5.14. The standard InChI is InChI=1S/C11H20F3NO2/c1-2-17-8-7-15-5-3-9(4-6-15)10(16)11(12,13)14/h9-10,16H,2-8H2,1H3. The summed E-state index contributed by atoms with van der Waals surface area (Å²) >= 11 is 0. The molecule has 1 fully saturated rings. The summed E-state index contributed by atoms with van der Waals surface area (Å²) in [6.07, 6.45) is -5.87. The maximum atomic E-state index is 12.3. The molecule has 1 aliphatic rings. The van der Waals surface area contributed by atoms with Gasteiger partial charge in [-0.05, 0) is 38.8 Å². The Hall–Kier alpha value is -0.330. The van der Waals surface area contributed by atoms with Gasteiger partial charge in [-0.3, -0.25) is 0 Å². The molecule has 1 saturated heterocycles. The van der Waals surface area contributed by atoms with E-state index in [1.165, 1.54) is 0 Å². The molecule has 0 radical (unpaired) electrons. The predicted octanol–water partition coefficient (Wildman–Crippen LogP) is 1.66. The first-order valence-electron chi connectivity index (χ1n) is 6.00. The van der Waals surface area contributed by atoms with Crippen LogP contribution in [-0.4, -0.2) is 55.1 Å². The van der Waals surface area contributed by atoms with Gasteiger partial charge in [-0.1, -0.05) is 0 Å². The Bertz CT molecular complexity index is 215. The summed E-state index contributed by atoms with van der Waals surface area (Å²) < 4.78 is 42.1. The van der Waals surface area contributed by atoms with Crippen LogP contribution in [0.25, 0.3) is 0 Å². The van der Waals surface area contributed by atoms with Crippen LogP contribution in [0.15, 0.2) is 0 Å². The van der Waals surface area contributed by atoms with E-state index in [4.69, 9.17) is 9.84 Å². The van der Waals surface area contributed by atoms with Gasteiger partial charge in [-0.25, -0.2) is 0 Å². The first kappa shape index (κ1) is 14.7. The lowest BCUT2D eigenvalue weighted by Crippen LogP contribution is -2.44. The van der Waals surface area contributed by atoms with Crippen LogP contribution in [0, 0.1) is 5.92 Å². The van der Waals surface area contributed by atoms with E-state index in [0.29, 0.717) is 39.1 Å². The largest absolute Gasteiger partial charge is 0.414 e. The van der Waals surface area contributed by atoms with E-state index >= 15 is 0 Å². The van der Waals surface area contributed by atoms with Crippen LogP contribution in [0.5, 0.6) is 0 Å². The summed E-state index contributed by atoms with van der Waals surface area (Å²) in [6, 6.07) is 0. The number of alkyl halides is 3. The molecule has 1 N–H and O–H groups in total. The fourth-order valence-electron chi connectivity index (χ4n) is 2.10. The molecule has 0 aromatic heterocycles. The van der Waals surface area contributed by atoms with Gasteiger partial charge in [-0.15, -0.1) is 0 Å². The van der Waals surface area contributed by atoms with Crippen molar-refractivity contribution in [2.24, 2.45) is 5.92 Å². The molecule has 0 aromatic carbocycles. The number of ether oxygens (including phenoxy) is 1. The zero-order valence-corrected chi connectivity index (χ0v) is 10.0. The number of nitrogens with zero attached hydrogens (tertiary/aromatic N) is 1. The number of rotatable bonds is 5. The van der Waals surface area contributed by atoms with Gasteiger partial charge in [0, 0.05) is 13.2 Å². The Morgan fingerprint density at radius 3 is 2.41 bits per heavy atom. The Labute approximate surface area is 99.5 Å². The van der Waals surface area contributed by atoms with E-state index in [9.17, 15) is 13.2 Å². The van der Waals surface area contributed by atoms with E-state index in [2.05, 4.69) is 4.90 Å². The number of piperidine rings is 1. The number of aliphatic hydroxyl groups is 1.